The molecule has 2 aromatic rings. The molecule has 0 unspecified atom stereocenters. The molecule has 0 aliphatic carbocycles. The number of epoxide rings is 1. The predicted octanol–water partition coefficient (Wildman–Crippen LogP) is 2.20. The van der Waals surface area contributed by atoms with Gasteiger partial charge in [0, 0.05) is 12.1 Å². The lowest BCUT2D eigenvalue weighted by atomic mass is 10.2. The molecule has 0 bridgehead atoms. The minimum atomic E-state index is -3.93. The lowest BCUT2D eigenvalue weighted by Crippen LogP contribution is -2.34. The standard InChI is InChI=1S/C16H16N2O6S/c1-23-16-8-7-12(18(19)20)9-15(16)17(10-13-11-24-13)25(21,22)14-5-3-2-4-6-14/h2-9,13H,10-11H2,1H3/t13-/m0/s1. The quantitative estimate of drug-likeness (QED) is 0.424. The molecule has 2 aromatic carbocycles. The summed E-state index contributed by atoms with van der Waals surface area (Å²) in [6, 6.07) is 11.7. The number of non-ortho nitro benzene ring substituents is 1. The molecular formula is C16H16N2O6S. The largest absolute Gasteiger partial charge is 0.495 e. The van der Waals surface area contributed by atoms with Crippen molar-refractivity contribution < 1.29 is 22.8 Å². The molecule has 3 rings (SSSR count). The van der Waals surface area contributed by atoms with Gasteiger partial charge in [-0.3, -0.25) is 14.4 Å². The maximum atomic E-state index is 13.1. The lowest BCUT2D eigenvalue weighted by Gasteiger charge is -2.25. The fraction of sp³-hybridized carbons (Fsp3) is 0.250. The number of hydrogen-bond donors (Lipinski definition) is 0. The average Bonchev–Trinajstić information content (AvgIpc) is 3.44. The van der Waals surface area contributed by atoms with Crippen LogP contribution in [0, 0.1) is 10.1 Å². The Bertz CT molecular complexity index is 881. The third-order valence-corrected chi connectivity index (χ3v) is 5.54. The smallest absolute Gasteiger partial charge is 0.271 e. The van der Waals surface area contributed by atoms with Crippen LogP contribution >= 0.6 is 0 Å². The molecule has 1 aliphatic heterocycles. The Labute approximate surface area is 144 Å². The minimum Gasteiger partial charge on any atom is -0.495 e. The van der Waals surface area contributed by atoms with Crippen molar-refractivity contribution in [2.24, 2.45) is 0 Å². The Morgan fingerprint density at radius 1 is 1.28 bits per heavy atom. The molecule has 0 spiro atoms. The topological polar surface area (TPSA) is 102 Å². The van der Waals surface area contributed by atoms with Crippen molar-refractivity contribution in [1.82, 2.24) is 0 Å². The van der Waals surface area contributed by atoms with Gasteiger partial charge in [-0.2, -0.15) is 0 Å². The van der Waals surface area contributed by atoms with Gasteiger partial charge in [0.2, 0.25) is 0 Å². The van der Waals surface area contributed by atoms with Crippen molar-refractivity contribution in [2.75, 3.05) is 24.6 Å². The van der Waals surface area contributed by atoms with E-state index < -0.39 is 14.9 Å². The van der Waals surface area contributed by atoms with Gasteiger partial charge in [0.25, 0.3) is 15.7 Å². The first-order chi connectivity index (χ1) is 11.9. The van der Waals surface area contributed by atoms with Crippen molar-refractivity contribution in [3.05, 3.63) is 58.6 Å². The number of benzene rings is 2. The molecule has 1 saturated heterocycles. The summed E-state index contributed by atoms with van der Waals surface area (Å²) in [5.41, 5.74) is -0.114. The maximum absolute atomic E-state index is 13.1. The number of ether oxygens (including phenoxy) is 2. The number of nitrogens with zero attached hydrogens (tertiary/aromatic N) is 2. The van der Waals surface area contributed by atoms with Crippen LogP contribution in [0.25, 0.3) is 0 Å². The predicted molar refractivity (Wildman–Crippen MR) is 90.4 cm³/mol. The van der Waals surface area contributed by atoms with Crippen LogP contribution in [0.3, 0.4) is 0 Å². The maximum Gasteiger partial charge on any atom is 0.271 e. The normalized spacial score (nSPS) is 16.3. The Balaban J connectivity index is 2.13. The number of nitro groups is 1. The van der Waals surface area contributed by atoms with E-state index in [9.17, 15) is 18.5 Å². The molecule has 0 amide bonds. The summed E-state index contributed by atoms with van der Waals surface area (Å²) < 4.78 is 37.7. The van der Waals surface area contributed by atoms with Crippen LogP contribution in [0.2, 0.25) is 0 Å². The van der Waals surface area contributed by atoms with Crippen LogP contribution in [0.15, 0.2) is 53.4 Å². The molecule has 0 aromatic heterocycles. The molecule has 132 valence electrons. The van der Waals surface area contributed by atoms with Crippen LogP contribution in [0.1, 0.15) is 0 Å². The summed E-state index contributed by atoms with van der Waals surface area (Å²) in [6.07, 6.45) is -0.248. The third kappa shape index (κ3) is 3.57. The fourth-order valence-electron chi connectivity index (χ4n) is 2.39. The first-order valence-electron chi connectivity index (χ1n) is 7.45. The number of rotatable bonds is 7. The Kier molecular flexibility index (Phi) is 4.60. The fourth-order valence-corrected chi connectivity index (χ4v) is 3.91. The van der Waals surface area contributed by atoms with Gasteiger partial charge in [0.15, 0.2) is 0 Å². The van der Waals surface area contributed by atoms with Gasteiger partial charge in [-0.1, -0.05) is 18.2 Å². The number of anilines is 1. The number of hydrogen-bond acceptors (Lipinski definition) is 6. The van der Waals surface area contributed by atoms with Crippen molar-refractivity contribution in [1.29, 1.82) is 0 Å². The summed E-state index contributed by atoms with van der Waals surface area (Å²) in [4.78, 5) is 10.6. The van der Waals surface area contributed by atoms with Gasteiger partial charge in [0.1, 0.15) is 11.4 Å². The van der Waals surface area contributed by atoms with Crippen molar-refractivity contribution in [3.8, 4) is 5.75 Å². The molecule has 1 heterocycles. The highest BCUT2D eigenvalue weighted by molar-refractivity contribution is 7.92. The van der Waals surface area contributed by atoms with Crippen LogP contribution in [0.5, 0.6) is 5.75 Å². The van der Waals surface area contributed by atoms with E-state index in [0.29, 0.717) is 6.61 Å². The second-order valence-electron chi connectivity index (χ2n) is 5.42. The third-order valence-electron chi connectivity index (χ3n) is 3.74. The Morgan fingerprint density at radius 3 is 2.52 bits per heavy atom. The summed E-state index contributed by atoms with van der Waals surface area (Å²) in [5, 5.41) is 11.1. The van der Waals surface area contributed by atoms with E-state index in [1.165, 1.54) is 37.4 Å². The first-order valence-corrected chi connectivity index (χ1v) is 8.89. The Morgan fingerprint density at radius 2 is 1.96 bits per heavy atom. The van der Waals surface area contributed by atoms with Crippen molar-refractivity contribution in [2.45, 2.75) is 11.0 Å². The summed E-state index contributed by atoms with van der Waals surface area (Å²) >= 11 is 0. The van der Waals surface area contributed by atoms with Gasteiger partial charge >= 0.3 is 0 Å². The average molecular weight is 364 g/mol. The first kappa shape index (κ1) is 17.2. The number of nitro benzene ring substituents is 1. The van der Waals surface area contributed by atoms with E-state index in [2.05, 4.69) is 0 Å². The van der Waals surface area contributed by atoms with Crippen molar-refractivity contribution >= 4 is 21.4 Å². The van der Waals surface area contributed by atoms with E-state index >= 15 is 0 Å². The van der Waals surface area contributed by atoms with Gasteiger partial charge < -0.3 is 9.47 Å². The van der Waals surface area contributed by atoms with E-state index in [0.717, 1.165) is 4.31 Å². The summed E-state index contributed by atoms with van der Waals surface area (Å²) in [7, 11) is -2.55. The van der Waals surface area contributed by atoms with Crippen LogP contribution in [-0.2, 0) is 14.8 Å². The van der Waals surface area contributed by atoms with Crippen molar-refractivity contribution in [3.63, 3.8) is 0 Å². The monoisotopic (exact) mass is 364 g/mol. The second-order valence-corrected chi connectivity index (χ2v) is 7.28. The van der Waals surface area contributed by atoms with E-state index in [1.807, 2.05) is 0 Å². The van der Waals surface area contributed by atoms with E-state index in [1.54, 1.807) is 18.2 Å². The SMILES string of the molecule is COc1ccc([N+](=O)[O-])cc1N(C[C@H]1CO1)S(=O)(=O)c1ccccc1. The summed E-state index contributed by atoms with van der Waals surface area (Å²) in [6.45, 7) is 0.493. The van der Waals surface area contributed by atoms with E-state index in [-0.39, 0.29) is 34.7 Å². The minimum absolute atomic E-state index is 0.0504. The zero-order valence-corrected chi connectivity index (χ0v) is 14.2. The van der Waals surface area contributed by atoms with Gasteiger partial charge in [-0.05, 0) is 18.2 Å². The summed E-state index contributed by atoms with van der Waals surface area (Å²) in [5.74, 6) is 0.228. The molecule has 25 heavy (non-hydrogen) atoms. The highest BCUT2D eigenvalue weighted by Gasteiger charge is 2.35. The molecule has 0 saturated carbocycles. The number of methoxy groups -OCH3 is 1. The molecule has 1 aliphatic rings. The molecule has 1 atom stereocenters. The second kappa shape index (κ2) is 6.69. The number of sulfonamides is 1. The molecule has 0 N–H and O–H groups in total. The van der Waals surface area contributed by atoms with Crippen LogP contribution in [-0.4, -0.2) is 39.7 Å². The zero-order chi connectivity index (χ0) is 18.0. The van der Waals surface area contributed by atoms with Crippen LogP contribution in [0.4, 0.5) is 11.4 Å². The lowest BCUT2D eigenvalue weighted by molar-refractivity contribution is -0.384. The molecule has 8 nitrogen and oxygen atoms in total. The van der Waals surface area contributed by atoms with E-state index in [4.69, 9.17) is 9.47 Å². The highest BCUT2D eigenvalue weighted by Crippen LogP contribution is 2.36. The van der Waals surface area contributed by atoms with Crippen LogP contribution < -0.4 is 9.04 Å². The molecule has 0 radical (unpaired) electrons. The van der Waals surface area contributed by atoms with Gasteiger partial charge in [-0.15, -0.1) is 0 Å². The highest BCUT2D eigenvalue weighted by atomic mass is 32.2. The molecular weight excluding hydrogens is 348 g/mol. The Hall–Kier alpha value is -2.65. The van der Waals surface area contributed by atoms with Gasteiger partial charge in [0.05, 0.1) is 36.2 Å². The van der Waals surface area contributed by atoms with Gasteiger partial charge in [-0.25, -0.2) is 8.42 Å². The zero-order valence-electron chi connectivity index (χ0n) is 13.4. The molecule has 1 fully saturated rings. The molecule has 9 heteroatoms.